The summed E-state index contributed by atoms with van der Waals surface area (Å²) < 4.78 is 29.1. The fourth-order valence-electron chi connectivity index (χ4n) is 2.54. The number of nitrogens with zero attached hydrogens (tertiary/aromatic N) is 2. The second-order valence-electron chi connectivity index (χ2n) is 6.18. The molecule has 0 fully saturated rings. The smallest absolute Gasteiger partial charge is 0.254 e. The van der Waals surface area contributed by atoms with Crippen LogP contribution in [0.1, 0.15) is 5.89 Å². The predicted octanol–water partition coefficient (Wildman–Crippen LogP) is 3.46. The molecule has 3 aromatic rings. The number of sulfone groups is 1. The van der Waals surface area contributed by atoms with Gasteiger partial charge in [0.05, 0.1) is 4.90 Å². The summed E-state index contributed by atoms with van der Waals surface area (Å²) >= 11 is 5.94. The molecule has 0 aliphatic rings. The van der Waals surface area contributed by atoms with E-state index < -0.39 is 15.7 Å². The highest BCUT2D eigenvalue weighted by molar-refractivity contribution is 7.90. The molecule has 0 atom stereocenters. The predicted molar refractivity (Wildman–Crippen MR) is 104 cm³/mol. The third-order valence-electron chi connectivity index (χ3n) is 4.00. The van der Waals surface area contributed by atoms with Crippen molar-refractivity contribution >= 4 is 27.3 Å². The average molecular weight is 421 g/mol. The van der Waals surface area contributed by atoms with Gasteiger partial charge in [-0.25, -0.2) is 18.5 Å². The maximum Gasteiger partial charge on any atom is 0.254 e. The summed E-state index contributed by atoms with van der Waals surface area (Å²) in [4.78, 5) is 16.4. The van der Waals surface area contributed by atoms with Gasteiger partial charge >= 0.3 is 0 Å². The van der Waals surface area contributed by atoms with Crippen LogP contribution < -0.4 is 0 Å². The van der Waals surface area contributed by atoms with Gasteiger partial charge in [0, 0.05) is 29.5 Å². The maximum atomic E-state index is 11.8. The van der Waals surface area contributed by atoms with E-state index in [-0.39, 0.29) is 17.2 Å². The Hall–Kier alpha value is -2.68. The molecular weight excluding hydrogens is 404 g/mol. The van der Waals surface area contributed by atoms with Crippen LogP contribution in [-0.4, -0.2) is 42.9 Å². The molecule has 0 radical (unpaired) electrons. The van der Waals surface area contributed by atoms with Crippen LogP contribution in [-0.2, 0) is 21.1 Å². The number of aromatic nitrogens is 1. The van der Waals surface area contributed by atoms with Crippen LogP contribution in [0.5, 0.6) is 0 Å². The summed E-state index contributed by atoms with van der Waals surface area (Å²) in [7, 11) is -2.11. The first-order valence-corrected chi connectivity index (χ1v) is 10.4. The number of hydrogen-bond donors (Lipinski definition) is 1. The van der Waals surface area contributed by atoms with Crippen LogP contribution in [0.4, 0.5) is 0 Å². The Morgan fingerprint density at radius 3 is 2.21 bits per heavy atom. The molecule has 9 heteroatoms. The van der Waals surface area contributed by atoms with E-state index in [2.05, 4.69) is 4.98 Å². The summed E-state index contributed by atoms with van der Waals surface area (Å²) in [6.07, 6.45) is 0.904. The number of hydrogen-bond acceptors (Lipinski definition) is 6. The Labute approximate surface area is 167 Å². The molecule has 1 amide bonds. The molecular formula is C19H17ClN2O5S. The van der Waals surface area contributed by atoms with Gasteiger partial charge in [0.1, 0.15) is 12.1 Å². The molecule has 2 aromatic carbocycles. The SMILES string of the molecule is CN(O)C(=O)Cc1nc(-c2ccc(S(C)(=O)=O)cc2)c(-c2ccc(Cl)cc2)o1. The summed E-state index contributed by atoms with van der Waals surface area (Å²) in [5, 5.41) is 10.3. The van der Waals surface area contributed by atoms with Crippen LogP contribution in [0.25, 0.3) is 22.6 Å². The largest absolute Gasteiger partial charge is 0.439 e. The second-order valence-corrected chi connectivity index (χ2v) is 8.64. The topological polar surface area (TPSA) is 101 Å². The molecule has 1 N–H and O–H groups in total. The average Bonchev–Trinajstić information content (AvgIpc) is 3.05. The molecule has 0 saturated heterocycles. The molecule has 146 valence electrons. The standard InChI is InChI=1S/C19H17ClN2O5S/c1-22(24)17(23)11-16-21-18(12-5-9-15(10-6-12)28(2,25)26)19(27-16)13-3-7-14(20)8-4-13/h3-10,24H,11H2,1-2H3. The van der Waals surface area contributed by atoms with Gasteiger partial charge in [-0.3, -0.25) is 10.0 Å². The molecule has 28 heavy (non-hydrogen) atoms. The van der Waals surface area contributed by atoms with E-state index in [0.717, 1.165) is 6.26 Å². The Morgan fingerprint density at radius 2 is 1.68 bits per heavy atom. The summed E-state index contributed by atoms with van der Waals surface area (Å²) in [5.41, 5.74) is 1.76. The van der Waals surface area contributed by atoms with Gasteiger partial charge in [0.25, 0.3) is 5.91 Å². The number of likely N-dealkylation sites (N-methyl/N-ethyl adjacent to an activating group) is 1. The molecule has 3 rings (SSSR count). The highest BCUT2D eigenvalue weighted by Crippen LogP contribution is 2.34. The normalized spacial score (nSPS) is 11.4. The second kappa shape index (κ2) is 7.75. The van der Waals surface area contributed by atoms with Gasteiger partial charge in [-0.1, -0.05) is 23.7 Å². The van der Waals surface area contributed by atoms with Crippen molar-refractivity contribution in [2.24, 2.45) is 0 Å². The minimum absolute atomic E-state index is 0.123. The van der Waals surface area contributed by atoms with Crippen molar-refractivity contribution in [3.05, 3.63) is 59.4 Å². The van der Waals surface area contributed by atoms with Crippen molar-refractivity contribution in [3.63, 3.8) is 0 Å². The van der Waals surface area contributed by atoms with Crippen LogP contribution in [0.2, 0.25) is 5.02 Å². The van der Waals surface area contributed by atoms with E-state index >= 15 is 0 Å². The number of carbonyl (C=O) groups is 1. The zero-order chi connectivity index (χ0) is 20.5. The molecule has 0 unspecified atom stereocenters. The van der Waals surface area contributed by atoms with Crippen molar-refractivity contribution in [1.82, 2.24) is 10.0 Å². The van der Waals surface area contributed by atoms with Gasteiger partial charge in [-0.15, -0.1) is 0 Å². The third-order valence-corrected chi connectivity index (χ3v) is 5.38. The van der Waals surface area contributed by atoms with Gasteiger partial charge < -0.3 is 4.42 Å². The number of oxazole rings is 1. The van der Waals surface area contributed by atoms with Crippen molar-refractivity contribution in [3.8, 4) is 22.6 Å². The van der Waals surface area contributed by atoms with Crippen LogP contribution in [0, 0.1) is 0 Å². The molecule has 7 nitrogen and oxygen atoms in total. The Morgan fingerprint density at radius 1 is 1.11 bits per heavy atom. The van der Waals surface area contributed by atoms with Crippen molar-refractivity contribution in [1.29, 1.82) is 0 Å². The number of hydroxylamine groups is 2. The fourth-order valence-corrected chi connectivity index (χ4v) is 3.29. The lowest BCUT2D eigenvalue weighted by atomic mass is 10.1. The first-order chi connectivity index (χ1) is 13.1. The highest BCUT2D eigenvalue weighted by Gasteiger charge is 2.20. The van der Waals surface area contributed by atoms with Crippen molar-refractivity contribution in [2.75, 3.05) is 13.3 Å². The fraction of sp³-hybridized carbons (Fsp3) is 0.158. The molecule has 0 saturated carbocycles. The zero-order valence-electron chi connectivity index (χ0n) is 15.1. The quantitative estimate of drug-likeness (QED) is 0.501. The van der Waals surface area contributed by atoms with Crippen LogP contribution >= 0.6 is 11.6 Å². The minimum Gasteiger partial charge on any atom is -0.439 e. The monoisotopic (exact) mass is 420 g/mol. The maximum absolute atomic E-state index is 11.8. The Balaban J connectivity index is 2.08. The molecule has 0 aliphatic carbocycles. The van der Waals surface area contributed by atoms with Crippen LogP contribution in [0.15, 0.2) is 57.8 Å². The van der Waals surface area contributed by atoms with Crippen molar-refractivity contribution in [2.45, 2.75) is 11.3 Å². The van der Waals surface area contributed by atoms with Crippen LogP contribution in [0.3, 0.4) is 0 Å². The molecule has 0 bridgehead atoms. The Kier molecular flexibility index (Phi) is 5.55. The number of amides is 1. The van der Waals surface area contributed by atoms with E-state index in [1.165, 1.54) is 19.2 Å². The molecule has 0 spiro atoms. The number of halogens is 1. The summed E-state index contributed by atoms with van der Waals surface area (Å²) in [5.74, 6) is -0.0481. The molecule has 0 aliphatic heterocycles. The Bertz CT molecular complexity index is 1100. The molecule has 1 heterocycles. The number of rotatable bonds is 5. The van der Waals surface area contributed by atoms with Crippen molar-refractivity contribution < 1.29 is 22.8 Å². The number of carbonyl (C=O) groups excluding carboxylic acids is 1. The van der Waals surface area contributed by atoms with Gasteiger partial charge in [-0.05, 0) is 36.4 Å². The number of benzene rings is 2. The van der Waals surface area contributed by atoms with E-state index in [9.17, 15) is 18.4 Å². The zero-order valence-corrected chi connectivity index (χ0v) is 16.7. The van der Waals surface area contributed by atoms with E-state index in [4.69, 9.17) is 16.0 Å². The lowest BCUT2D eigenvalue weighted by molar-refractivity contribution is -0.158. The van der Waals surface area contributed by atoms with Gasteiger partial charge in [0.15, 0.2) is 15.6 Å². The summed E-state index contributed by atoms with van der Waals surface area (Å²) in [6.45, 7) is 0. The van der Waals surface area contributed by atoms with E-state index in [0.29, 0.717) is 32.7 Å². The van der Waals surface area contributed by atoms with E-state index in [1.54, 1.807) is 36.4 Å². The third kappa shape index (κ3) is 4.41. The first-order valence-electron chi connectivity index (χ1n) is 8.16. The van der Waals surface area contributed by atoms with Gasteiger partial charge in [-0.2, -0.15) is 0 Å². The molecule has 1 aromatic heterocycles. The summed E-state index contributed by atoms with van der Waals surface area (Å²) in [6, 6.07) is 13.1. The first kappa shape index (κ1) is 20.1. The van der Waals surface area contributed by atoms with Gasteiger partial charge in [0.2, 0.25) is 5.89 Å². The lowest BCUT2D eigenvalue weighted by Crippen LogP contribution is -2.24. The highest BCUT2D eigenvalue weighted by atomic mass is 35.5. The minimum atomic E-state index is -3.33. The van der Waals surface area contributed by atoms with E-state index in [1.807, 2.05) is 0 Å². The lowest BCUT2D eigenvalue weighted by Gasteiger charge is -2.05.